The number of rotatable bonds is 7. The molecule has 0 atom stereocenters. The molecular formula is C20H25NO3S. The van der Waals surface area contributed by atoms with E-state index in [1.807, 2.05) is 49.4 Å². The van der Waals surface area contributed by atoms with E-state index in [9.17, 15) is 13.2 Å². The summed E-state index contributed by atoms with van der Waals surface area (Å²) in [4.78, 5) is 14.2. The first-order valence-corrected chi connectivity index (χ1v) is 10.1. The monoisotopic (exact) mass is 359 g/mol. The summed E-state index contributed by atoms with van der Waals surface area (Å²) < 4.78 is 25.1. The van der Waals surface area contributed by atoms with E-state index in [1.54, 1.807) is 17.0 Å². The minimum absolute atomic E-state index is 0.195. The molecule has 0 saturated carbocycles. The Hall–Kier alpha value is -2.14. The summed E-state index contributed by atoms with van der Waals surface area (Å²) in [7, 11) is -3.64. The van der Waals surface area contributed by atoms with Gasteiger partial charge in [0.2, 0.25) is 5.91 Å². The van der Waals surface area contributed by atoms with Crippen LogP contribution in [0.1, 0.15) is 37.8 Å². The Labute approximate surface area is 150 Å². The summed E-state index contributed by atoms with van der Waals surface area (Å²) in [5.41, 5.74) is 2.06. The van der Waals surface area contributed by atoms with Crippen LogP contribution in [0.5, 0.6) is 0 Å². The number of nitrogens with zero attached hydrogens (tertiary/aromatic N) is 1. The molecule has 0 unspecified atom stereocenters. The Bertz CT molecular complexity index is 797. The summed E-state index contributed by atoms with van der Waals surface area (Å²) in [6, 6.07) is 16.4. The molecule has 0 bridgehead atoms. The molecule has 0 saturated heterocycles. The first-order chi connectivity index (χ1) is 11.8. The van der Waals surface area contributed by atoms with Crippen molar-refractivity contribution in [3.63, 3.8) is 0 Å². The van der Waals surface area contributed by atoms with Crippen molar-refractivity contribution in [3.8, 4) is 0 Å². The molecule has 0 aliphatic carbocycles. The first-order valence-electron chi connectivity index (χ1n) is 8.48. The first kappa shape index (κ1) is 19.2. The van der Waals surface area contributed by atoms with Crippen molar-refractivity contribution in [1.82, 2.24) is 4.90 Å². The van der Waals surface area contributed by atoms with Gasteiger partial charge in [-0.2, -0.15) is 0 Å². The highest BCUT2D eigenvalue weighted by atomic mass is 32.2. The lowest BCUT2D eigenvalue weighted by atomic mass is 10.0. The lowest BCUT2D eigenvalue weighted by Gasteiger charge is -2.21. The zero-order valence-corrected chi connectivity index (χ0v) is 15.8. The van der Waals surface area contributed by atoms with Gasteiger partial charge in [-0.15, -0.1) is 0 Å². The third kappa shape index (κ3) is 5.16. The predicted octanol–water partition coefficient (Wildman–Crippen LogP) is 3.63. The smallest absolute Gasteiger partial charge is 0.238 e. The van der Waals surface area contributed by atoms with Crippen LogP contribution >= 0.6 is 0 Å². The molecule has 0 spiro atoms. The fraction of sp³-hybridized carbons (Fsp3) is 0.350. The zero-order chi connectivity index (χ0) is 18.4. The van der Waals surface area contributed by atoms with E-state index in [-0.39, 0.29) is 10.8 Å². The van der Waals surface area contributed by atoms with Crippen LogP contribution in [0.15, 0.2) is 59.5 Å². The molecule has 2 aromatic carbocycles. The third-order valence-electron chi connectivity index (χ3n) is 4.17. The Morgan fingerprint density at radius 1 is 1.00 bits per heavy atom. The van der Waals surface area contributed by atoms with E-state index in [2.05, 4.69) is 13.8 Å². The summed E-state index contributed by atoms with van der Waals surface area (Å²) in [6.45, 7) is 6.84. The molecular weight excluding hydrogens is 334 g/mol. The highest BCUT2D eigenvalue weighted by Crippen LogP contribution is 2.18. The molecule has 2 rings (SSSR count). The molecule has 0 heterocycles. The molecule has 0 aliphatic heterocycles. The van der Waals surface area contributed by atoms with Crippen molar-refractivity contribution in [2.45, 2.75) is 38.1 Å². The van der Waals surface area contributed by atoms with Crippen LogP contribution in [-0.4, -0.2) is 31.5 Å². The maximum absolute atomic E-state index is 12.5. The largest absolute Gasteiger partial charge is 0.338 e. The van der Waals surface area contributed by atoms with E-state index in [4.69, 9.17) is 0 Å². The second-order valence-electron chi connectivity index (χ2n) is 6.38. The Balaban J connectivity index is 2.11. The van der Waals surface area contributed by atoms with Gasteiger partial charge in [-0.3, -0.25) is 4.79 Å². The minimum atomic E-state index is -3.64. The third-order valence-corrected chi connectivity index (χ3v) is 5.79. The zero-order valence-electron chi connectivity index (χ0n) is 15.0. The van der Waals surface area contributed by atoms with Crippen molar-refractivity contribution >= 4 is 15.7 Å². The van der Waals surface area contributed by atoms with Crippen LogP contribution in [0.3, 0.4) is 0 Å². The van der Waals surface area contributed by atoms with E-state index >= 15 is 0 Å². The highest BCUT2D eigenvalue weighted by Gasteiger charge is 2.23. The quantitative estimate of drug-likeness (QED) is 0.758. The van der Waals surface area contributed by atoms with Gasteiger partial charge in [0.05, 0.1) is 4.90 Å². The molecule has 4 nitrogen and oxygen atoms in total. The van der Waals surface area contributed by atoms with E-state index in [0.717, 1.165) is 11.1 Å². The maximum atomic E-state index is 12.5. The van der Waals surface area contributed by atoms with Crippen LogP contribution in [0.25, 0.3) is 0 Å². The van der Waals surface area contributed by atoms with E-state index < -0.39 is 15.6 Å². The van der Waals surface area contributed by atoms with Crippen molar-refractivity contribution in [2.24, 2.45) is 0 Å². The van der Waals surface area contributed by atoms with E-state index in [0.29, 0.717) is 19.0 Å². The molecule has 134 valence electrons. The number of sulfone groups is 1. The van der Waals surface area contributed by atoms with Gasteiger partial charge in [0.1, 0.15) is 5.75 Å². The SMILES string of the molecule is CCN(Cc1ccccc1)C(=O)CS(=O)(=O)c1ccc(C(C)C)cc1. The number of carbonyl (C=O) groups is 1. The van der Waals surface area contributed by atoms with Crippen LogP contribution in [0, 0.1) is 0 Å². The average molecular weight is 359 g/mol. The second-order valence-corrected chi connectivity index (χ2v) is 8.37. The van der Waals surface area contributed by atoms with Gasteiger partial charge in [-0.1, -0.05) is 56.3 Å². The van der Waals surface area contributed by atoms with Crippen LogP contribution in [0.4, 0.5) is 0 Å². The van der Waals surface area contributed by atoms with Gasteiger partial charge in [0, 0.05) is 13.1 Å². The molecule has 0 aliphatic rings. The van der Waals surface area contributed by atoms with Crippen LogP contribution < -0.4 is 0 Å². The topological polar surface area (TPSA) is 54.5 Å². The van der Waals surface area contributed by atoms with Crippen LogP contribution in [0.2, 0.25) is 0 Å². The normalized spacial score (nSPS) is 11.5. The van der Waals surface area contributed by atoms with Gasteiger partial charge in [-0.05, 0) is 36.1 Å². The predicted molar refractivity (Wildman–Crippen MR) is 100 cm³/mol. The summed E-state index contributed by atoms with van der Waals surface area (Å²) in [5, 5.41) is 0. The number of amides is 1. The number of hydrogen-bond donors (Lipinski definition) is 0. The molecule has 0 radical (unpaired) electrons. The van der Waals surface area contributed by atoms with Gasteiger partial charge in [0.25, 0.3) is 0 Å². The molecule has 1 amide bonds. The minimum Gasteiger partial charge on any atom is -0.338 e. The van der Waals surface area contributed by atoms with E-state index in [1.165, 1.54) is 0 Å². The Kier molecular flexibility index (Phi) is 6.37. The van der Waals surface area contributed by atoms with Gasteiger partial charge in [-0.25, -0.2) is 8.42 Å². The van der Waals surface area contributed by atoms with Crippen molar-refractivity contribution in [3.05, 3.63) is 65.7 Å². The molecule has 2 aromatic rings. The fourth-order valence-electron chi connectivity index (χ4n) is 2.58. The Morgan fingerprint density at radius 3 is 2.12 bits per heavy atom. The summed E-state index contributed by atoms with van der Waals surface area (Å²) >= 11 is 0. The van der Waals surface area contributed by atoms with Gasteiger partial charge < -0.3 is 4.90 Å². The molecule has 0 aromatic heterocycles. The van der Waals surface area contributed by atoms with Gasteiger partial charge >= 0.3 is 0 Å². The molecule has 0 fully saturated rings. The summed E-state index contributed by atoms with van der Waals surface area (Å²) in [6.07, 6.45) is 0. The van der Waals surface area contributed by atoms with Crippen molar-refractivity contribution < 1.29 is 13.2 Å². The standard InChI is InChI=1S/C20H25NO3S/c1-4-21(14-17-8-6-5-7-9-17)20(22)15-25(23,24)19-12-10-18(11-13-19)16(2)3/h5-13,16H,4,14-15H2,1-3H3. The summed E-state index contributed by atoms with van der Waals surface area (Å²) in [5.74, 6) is -0.548. The van der Waals surface area contributed by atoms with Crippen molar-refractivity contribution in [1.29, 1.82) is 0 Å². The van der Waals surface area contributed by atoms with Crippen molar-refractivity contribution in [2.75, 3.05) is 12.3 Å². The number of carbonyl (C=O) groups excluding carboxylic acids is 1. The Morgan fingerprint density at radius 2 is 1.60 bits per heavy atom. The van der Waals surface area contributed by atoms with Gasteiger partial charge in [0.15, 0.2) is 9.84 Å². The van der Waals surface area contributed by atoms with Crippen LogP contribution in [-0.2, 0) is 21.2 Å². The lowest BCUT2D eigenvalue weighted by Crippen LogP contribution is -2.35. The number of hydrogen-bond acceptors (Lipinski definition) is 3. The molecule has 5 heteroatoms. The molecule has 25 heavy (non-hydrogen) atoms. The lowest BCUT2D eigenvalue weighted by molar-refractivity contribution is -0.128. The average Bonchev–Trinajstić information content (AvgIpc) is 2.60. The number of benzene rings is 2. The molecule has 0 N–H and O–H groups in total. The maximum Gasteiger partial charge on any atom is 0.238 e. The fourth-order valence-corrected chi connectivity index (χ4v) is 3.80. The second kappa shape index (κ2) is 8.30. The highest BCUT2D eigenvalue weighted by molar-refractivity contribution is 7.92.